The van der Waals surface area contributed by atoms with Crippen molar-refractivity contribution < 1.29 is 42.9 Å². The van der Waals surface area contributed by atoms with E-state index in [9.17, 15) is 19.5 Å². The molecule has 0 fully saturated rings. The van der Waals surface area contributed by atoms with Gasteiger partial charge in [-0.05, 0) is 57.8 Å². The van der Waals surface area contributed by atoms with Crippen LogP contribution >= 0.6 is 0 Å². The molecule has 0 amide bonds. The van der Waals surface area contributed by atoms with Crippen LogP contribution in [0.15, 0.2) is 60.8 Å². The number of quaternary nitrogens is 1. The zero-order valence-corrected chi connectivity index (χ0v) is 41.2. The maximum Gasteiger partial charge on any atom is 0.306 e. The van der Waals surface area contributed by atoms with E-state index >= 15 is 0 Å². The van der Waals surface area contributed by atoms with Gasteiger partial charge in [0.15, 0.2) is 12.4 Å². The summed E-state index contributed by atoms with van der Waals surface area (Å²) in [6.07, 6.45) is 52.5. The summed E-state index contributed by atoms with van der Waals surface area (Å²) in [7, 11) is 5.91. The first-order valence-corrected chi connectivity index (χ1v) is 25.4. The fourth-order valence-corrected chi connectivity index (χ4v) is 6.86. The molecule has 0 rings (SSSR count). The molecule has 0 aromatic carbocycles. The molecule has 9 nitrogen and oxygen atoms in total. The van der Waals surface area contributed by atoms with Gasteiger partial charge in [-0.3, -0.25) is 9.59 Å². The first-order chi connectivity index (χ1) is 30.6. The molecule has 0 aliphatic rings. The lowest BCUT2D eigenvalue weighted by atomic mass is 10.0. The van der Waals surface area contributed by atoms with Crippen molar-refractivity contribution in [3.8, 4) is 0 Å². The number of rotatable bonds is 46. The fraction of sp³-hybridized carbons (Fsp3) is 0.759. The molecule has 0 N–H and O–H groups in total. The van der Waals surface area contributed by atoms with E-state index in [2.05, 4.69) is 74.6 Å². The number of carboxylic acid groups (broad SMARTS) is 1. The normalized spacial score (nSPS) is 13.3. The first-order valence-electron chi connectivity index (χ1n) is 25.4. The maximum atomic E-state index is 12.8. The number of carboxylic acids is 1. The van der Waals surface area contributed by atoms with Crippen molar-refractivity contribution in [3.05, 3.63) is 60.8 Å². The molecule has 0 radical (unpaired) electrons. The number of aliphatic carboxylic acids is 1. The SMILES string of the molecule is CC/C=C\C/C=C\C/C=C\C/C=C\C/C=C\CCCCCCCCCCCC(=O)OC(COC(=O)CCCCCCCCCCCCCCC)COC(OCC[N+](C)(C)C)C(=O)[O-]. The quantitative estimate of drug-likeness (QED) is 0.0195. The van der Waals surface area contributed by atoms with Crippen molar-refractivity contribution in [1.82, 2.24) is 0 Å². The standard InChI is InChI=1S/C54H95NO8/c1-6-8-10-12-14-16-18-20-21-22-23-24-25-26-27-28-29-30-31-33-35-37-39-41-43-45-52(57)63-50(49-62-54(53(58)59)60-47-46-55(3,4)5)48-61-51(56)44-42-40-38-36-34-32-19-17-15-13-11-9-7-2/h8,10,14,16,20-21,23-24,26-27,50,54H,6-7,9,11-13,15,17-19,22,25,28-49H2,1-5H3/b10-8-,16-14-,21-20-,24-23-,27-26-. The van der Waals surface area contributed by atoms with Crippen molar-refractivity contribution in [2.45, 2.75) is 219 Å². The van der Waals surface area contributed by atoms with Gasteiger partial charge < -0.3 is 33.3 Å². The van der Waals surface area contributed by atoms with Gasteiger partial charge in [0, 0.05) is 12.8 Å². The molecular weight excluding hydrogens is 791 g/mol. The molecule has 0 saturated carbocycles. The van der Waals surface area contributed by atoms with E-state index in [1.54, 1.807) is 0 Å². The van der Waals surface area contributed by atoms with Crippen LogP contribution in [0.25, 0.3) is 0 Å². The minimum Gasteiger partial charge on any atom is -0.545 e. The number of hydrogen-bond donors (Lipinski definition) is 0. The molecular formula is C54H95NO8. The van der Waals surface area contributed by atoms with Gasteiger partial charge in [0.2, 0.25) is 0 Å². The van der Waals surface area contributed by atoms with E-state index in [1.807, 2.05) is 21.1 Å². The minimum atomic E-state index is -1.62. The van der Waals surface area contributed by atoms with Crippen molar-refractivity contribution in [3.63, 3.8) is 0 Å². The van der Waals surface area contributed by atoms with Crippen LogP contribution in [0.4, 0.5) is 0 Å². The summed E-state index contributed by atoms with van der Waals surface area (Å²) in [5.41, 5.74) is 0. The topological polar surface area (TPSA) is 111 Å². The molecule has 0 aromatic heterocycles. The Balaban J connectivity index is 4.31. The number of esters is 2. The molecule has 0 saturated heterocycles. The number of hydrogen-bond acceptors (Lipinski definition) is 8. The van der Waals surface area contributed by atoms with E-state index in [1.165, 1.54) is 96.3 Å². The Morgan fingerprint density at radius 1 is 0.492 bits per heavy atom. The number of ether oxygens (including phenoxy) is 4. The second-order valence-electron chi connectivity index (χ2n) is 18.1. The lowest BCUT2D eigenvalue weighted by molar-refractivity contribution is -0.870. The number of allylic oxidation sites excluding steroid dienone is 10. The smallest absolute Gasteiger partial charge is 0.306 e. The van der Waals surface area contributed by atoms with Crippen LogP contribution < -0.4 is 5.11 Å². The van der Waals surface area contributed by atoms with Crippen LogP contribution in [0.1, 0.15) is 206 Å². The Morgan fingerprint density at radius 2 is 0.905 bits per heavy atom. The highest BCUT2D eigenvalue weighted by atomic mass is 16.7. The predicted octanol–water partition coefficient (Wildman–Crippen LogP) is 12.8. The zero-order valence-electron chi connectivity index (χ0n) is 41.2. The molecule has 0 aromatic rings. The third-order valence-corrected chi connectivity index (χ3v) is 10.8. The summed E-state index contributed by atoms with van der Waals surface area (Å²) in [4.78, 5) is 37.1. The molecule has 2 atom stereocenters. The second-order valence-corrected chi connectivity index (χ2v) is 18.1. The summed E-state index contributed by atoms with van der Waals surface area (Å²) in [5, 5.41) is 11.7. The second kappa shape index (κ2) is 45.6. The molecule has 0 heterocycles. The van der Waals surface area contributed by atoms with Crippen molar-refractivity contribution in [1.29, 1.82) is 0 Å². The average Bonchev–Trinajstić information content (AvgIpc) is 3.24. The van der Waals surface area contributed by atoms with Gasteiger partial charge in [-0.25, -0.2) is 0 Å². The van der Waals surface area contributed by atoms with Gasteiger partial charge in [-0.15, -0.1) is 0 Å². The Bertz CT molecular complexity index is 1220. The highest BCUT2D eigenvalue weighted by Gasteiger charge is 2.22. The van der Waals surface area contributed by atoms with Crippen molar-refractivity contribution in [2.24, 2.45) is 0 Å². The highest BCUT2D eigenvalue weighted by Crippen LogP contribution is 2.15. The minimum absolute atomic E-state index is 0.145. The summed E-state index contributed by atoms with van der Waals surface area (Å²) >= 11 is 0. The van der Waals surface area contributed by atoms with Crippen LogP contribution in [0.3, 0.4) is 0 Å². The van der Waals surface area contributed by atoms with Crippen LogP contribution in [-0.4, -0.2) is 82.3 Å². The molecule has 364 valence electrons. The first kappa shape index (κ1) is 60.0. The summed E-state index contributed by atoms with van der Waals surface area (Å²) in [6, 6.07) is 0. The maximum absolute atomic E-state index is 12.8. The Labute approximate surface area is 386 Å². The zero-order chi connectivity index (χ0) is 46.3. The Morgan fingerprint density at radius 3 is 1.35 bits per heavy atom. The summed E-state index contributed by atoms with van der Waals surface area (Å²) in [6.45, 7) is 4.62. The fourth-order valence-electron chi connectivity index (χ4n) is 6.86. The van der Waals surface area contributed by atoms with Crippen LogP contribution in [0.2, 0.25) is 0 Å². The van der Waals surface area contributed by atoms with Gasteiger partial charge in [0.1, 0.15) is 13.2 Å². The van der Waals surface area contributed by atoms with E-state index < -0.39 is 24.3 Å². The van der Waals surface area contributed by atoms with Crippen LogP contribution in [0.5, 0.6) is 0 Å². The lowest BCUT2D eigenvalue weighted by Crippen LogP contribution is -2.44. The molecule has 0 aliphatic heterocycles. The number of unbranched alkanes of at least 4 members (excludes halogenated alkanes) is 21. The number of nitrogens with zero attached hydrogens (tertiary/aromatic N) is 1. The van der Waals surface area contributed by atoms with Gasteiger partial charge in [0.25, 0.3) is 0 Å². The van der Waals surface area contributed by atoms with Gasteiger partial charge in [-0.2, -0.15) is 0 Å². The van der Waals surface area contributed by atoms with Gasteiger partial charge >= 0.3 is 11.9 Å². The van der Waals surface area contributed by atoms with Gasteiger partial charge in [0.05, 0.1) is 40.3 Å². The lowest BCUT2D eigenvalue weighted by Gasteiger charge is -2.26. The third kappa shape index (κ3) is 46.8. The van der Waals surface area contributed by atoms with E-state index in [4.69, 9.17) is 18.9 Å². The molecule has 0 aliphatic carbocycles. The highest BCUT2D eigenvalue weighted by molar-refractivity contribution is 5.70. The van der Waals surface area contributed by atoms with Crippen LogP contribution in [0, 0.1) is 0 Å². The average molecular weight is 886 g/mol. The molecule has 0 spiro atoms. The van der Waals surface area contributed by atoms with Crippen molar-refractivity contribution in [2.75, 3.05) is 47.5 Å². The van der Waals surface area contributed by atoms with E-state index in [0.29, 0.717) is 23.9 Å². The summed E-state index contributed by atoms with van der Waals surface area (Å²) in [5.74, 6) is -2.29. The van der Waals surface area contributed by atoms with E-state index in [-0.39, 0.29) is 32.2 Å². The Hall–Kier alpha value is -3.01. The molecule has 2 unspecified atom stereocenters. The number of likely N-dealkylation sites (N-methyl/N-ethyl adjacent to an activating group) is 1. The van der Waals surface area contributed by atoms with Gasteiger partial charge in [-0.1, -0.05) is 197 Å². The van der Waals surface area contributed by atoms with E-state index in [0.717, 1.165) is 77.0 Å². The number of carbonyl (C=O) groups excluding carboxylic acids is 3. The Kier molecular flexibility index (Phi) is 43.4. The summed E-state index contributed by atoms with van der Waals surface area (Å²) < 4.78 is 22.6. The molecule has 0 bridgehead atoms. The number of carbonyl (C=O) groups is 3. The molecule has 9 heteroatoms. The third-order valence-electron chi connectivity index (χ3n) is 10.8. The van der Waals surface area contributed by atoms with Crippen molar-refractivity contribution >= 4 is 17.9 Å². The largest absolute Gasteiger partial charge is 0.545 e. The van der Waals surface area contributed by atoms with Crippen LogP contribution in [-0.2, 0) is 33.3 Å². The monoisotopic (exact) mass is 886 g/mol. The predicted molar refractivity (Wildman–Crippen MR) is 260 cm³/mol. The molecule has 63 heavy (non-hydrogen) atoms.